The van der Waals surface area contributed by atoms with E-state index in [0.717, 1.165) is 12.2 Å². The molecule has 1 aromatic carbocycles. The van der Waals surface area contributed by atoms with E-state index < -0.39 is 0 Å². The number of rotatable bonds is 8. The molecule has 0 saturated heterocycles. The van der Waals surface area contributed by atoms with Crippen molar-refractivity contribution in [2.24, 2.45) is 5.84 Å². The fourth-order valence-electron chi connectivity index (χ4n) is 1.81. The number of hydrogen-bond acceptors (Lipinski definition) is 2. The summed E-state index contributed by atoms with van der Waals surface area (Å²) in [4.78, 5) is 0. The van der Waals surface area contributed by atoms with Crippen LogP contribution in [0.4, 0.5) is 5.69 Å². The third kappa shape index (κ3) is 5.17. The fraction of sp³-hybridized carbons (Fsp3) is 0.571. The first-order valence-electron chi connectivity index (χ1n) is 6.42. The van der Waals surface area contributed by atoms with Gasteiger partial charge < -0.3 is 5.01 Å². The van der Waals surface area contributed by atoms with Gasteiger partial charge in [-0.25, -0.2) is 5.84 Å². The Bertz CT molecular complexity index is 259. The molecule has 2 nitrogen and oxygen atoms in total. The largest absolute Gasteiger partial charge is 0.311 e. The number of unbranched alkanes of at least 4 members (excludes halogenated alkanes) is 5. The lowest BCUT2D eigenvalue weighted by atomic mass is 10.1. The molecule has 1 rings (SSSR count). The van der Waals surface area contributed by atoms with E-state index in [1.165, 1.54) is 38.5 Å². The van der Waals surface area contributed by atoms with Crippen molar-refractivity contribution < 1.29 is 0 Å². The van der Waals surface area contributed by atoms with E-state index in [-0.39, 0.29) is 0 Å². The molecular formula is C14H24N2. The van der Waals surface area contributed by atoms with Gasteiger partial charge >= 0.3 is 0 Å². The Hall–Kier alpha value is -1.02. The summed E-state index contributed by atoms with van der Waals surface area (Å²) < 4.78 is 0. The molecule has 16 heavy (non-hydrogen) atoms. The lowest BCUT2D eigenvalue weighted by Crippen LogP contribution is -2.31. The first-order chi connectivity index (χ1) is 7.84. The number of benzene rings is 1. The minimum atomic E-state index is 0.955. The minimum Gasteiger partial charge on any atom is -0.311 e. The van der Waals surface area contributed by atoms with Crippen LogP contribution in [-0.2, 0) is 0 Å². The molecule has 0 amide bonds. The maximum Gasteiger partial charge on any atom is 0.0517 e. The highest BCUT2D eigenvalue weighted by Gasteiger charge is 1.99. The summed E-state index contributed by atoms with van der Waals surface area (Å²) in [6.45, 7) is 3.20. The third-order valence-corrected chi connectivity index (χ3v) is 2.84. The van der Waals surface area contributed by atoms with E-state index in [4.69, 9.17) is 5.84 Å². The van der Waals surface area contributed by atoms with Crippen LogP contribution in [0.2, 0.25) is 0 Å². The number of anilines is 1. The molecule has 0 aliphatic carbocycles. The summed E-state index contributed by atoms with van der Waals surface area (Å²) in [6, 6.07) is 10.2. The van der Waals surface area contributed by atoms with Gasteiger partial charge in [-0.05, 0) is 18.6 Å². The van der Waals surface area contributed by atoms with Crippen molar-refractivity contribution in [1.29, 1.82) is 0 Å². The highest BCUT2D eigenvalue weighted by Crippen LogP contribution is 2.11. The molecule has 0 heterocycles. The molecule has 90 valence electrons. The molecule has 0 radical (unpaired) electrons. The average Bonchev–Trinajstić information content (AvgIpc) is 2.34. The second-order valence-electron chi connectivity index (χ2n) is 4.30. The molecule has 2 heteroatoms. The van der Waals surface area contributed by atoms with Crippen molar-refractivity contribution in [2.75, 3.05) is 11.6 Å². The van der Waals surface area contributed by atoms with Crippen LogP contribution in [0.15, 0.2) is 30.3 Å². The van der Waals surface area contributed by atoms with E-state index in [9.17, 15) is 0 Å². The molecule has 0 unspecified atom stereocenters. The molecule has 0 aromatic heterocycles. The summed E-state index contributed by atoms with van der Waals surface area (Å²) in [7, 11) is 0. The molecule has 0 bridgehead atoms. The fourth-order valence-corrected chi connectivity index (χ4v) is 1.81. The zero-order valence-electron chi connectivity index (χ0n) is 10.4. The lowest BCUT2D eigenvalue weighted by Gasteiger charge is -2.18. The predicted molar refractivity (Wildman–Crippen MR) is 71.4 cm³/mol. The number of hydrazine groups is 1. The summed E-state index contributed by atoms with van der Waals surface area (Å²) in [5.74, 6) is 5.97. The Morgan fingerprint density at radius 3 is 2.25 bits per heavy atom. The second-order valence-corrected chi connectivity index (χ2v) is 4.30. The molecule has 0 aliphatic heterocycles. The van der Waals surface area contributed by atoms with Crippen molar-refractivity contribution in [2.45, 2.75) is 45.4 Å². The highest BCUT2D eigenvalue weighted by molar-refractivity contribution is 5.43. The van der Waals surface area contributed by atoms with Gasteiger partial charge in [-0.3, -0.25) is 0 Å². The van der Waals surface area contributed by atoms with Gasteiger partial charge in [0, 0.05) is 6.54 Å². The molecular weight excluding hydrogens is 196 g/mol. The van der Waals surface area contributed by atoms with E-state index in [2.05, 4.69) is 19.1 Å². The van der Waals surface area contributed by atoms with Gasteiger partial charge in [0.2, 0.25) is 0 Å². The van der Waals surface area contributed by atoms with Crippen molar-refractivity contribution in [1.82, 2.24) is 0 Å². The van der Waals surface area contributed by atoms with Crippen LogP contribution in [0, 0.1) is 0 Å². The van der Waals surface area contributed by atoms with Gasteiger partial charge in [0.1, 0.15) is 0 Å². The first kappa shape index (κ1) is 13.0. The molecule has 0 fully saturated rings. The normalized spacial score (nSPS) is 10.4. The summed E-state index contributed by atoms with van der Waals surface area (Å²) in [5, 5.41) is 1.85. The molecule has 1 aromatic rings. The average molecular weight is 220 g/mol. The second kappa shape index (κ2) is 8.17. The topological polar surface area (TPSA) is 29.3 Å². The standard InChI is InChI=1S/C14H24N2/c1-2-3-4-5-6-10-13-16(15)14-11-8-7-9-12-14/h7-9,11-12H,2-6,10,13,15H2,1H3. The highest BCUT2D eigenvalue weighted by atomic mass is 15.4. The Labute approximate surface area is 99.4 Å². The van der Waals surface area contributed by atoms with Crippen molar-refractivity contribution in [3.63, 3.8) is 0 Å². The molecule has 0 aliphatic rings. The first-order valence-corrected chi connectivity index (χ1v) is 6.42. The van der Waals surface area contributed by atoms with Crippen LogP contribution in [0.25, 0.3) is 0 Å². The zero-order chi connectivity index (χ0) is 11.6. The van der Waals surface area contributed by atoms with Gasteiger partial charge in [0.05, 0.1) is 5.69 Å². The Morgan fingerprint density at radius 2 is 1.56 bits per heavy atom. The zero-order valence-corrected chi connectivity index (χ0v) is 10.4. The summed E-state index contributed by atoms with van der Waals surface area (Å²) in [5.41, 5.74) is 1.11. The summed E-state index contributed by atoms with van der Waals surface area (Å²) in [6.07, 6.45) is 7.87. The van der Waals surface area contributed by atoms with E-state index in [1.54, 1.807) is 0 Å². The van der Waals surface area contributed by atoms with E-state index in [0.29, 0.717) is 0 Å². The van der Waals surface area contributed by atoms with Crippen molar-refractivity contribution in [3.05, 3.63) is 30.3 Å². The Kier molecular flexibility index (Phi) is 6.66. The lowest BCUT2D eigenvalue weighted by molar-refractivity contribution is 0.601. The maximum absolute atomic E-state index is 5.97. The van der Waals surface area contributed by atoms with E-state index in [1.807, 2.05) is 23.2 Å². The number of nitrogens with zero attached hydrogens (tertiary/aromatic N) is 1. The molecule has 2 N–H and O–H groups in total. The molecule has 0 atom stereocenters. The van der Waals surface area contributed by atoms with Gasteiger partial charge in [-0.1, -0.05) is 57.2 Å². The van der Waals surface area contributed by atoms with Crippen LogP contribution in [0.5, 0.6) is 0 Å². The van der Waals surface area contributed by atoms with Crippen LogP contribution in [0.1, 0.15) is 45.4 Å². The SMILES string of the molecule is CCCCCCCCN(N)c1ccccc1. The smallest absolute Gasteiger partial charge is 0.0517 e. The Morgan fingerprint density at radius 1 is 0.938 bits per heavy atom. The van der Waals surface area contributed by atoms with Crippen LogP contribution >= 0.6 is 0 Å². The van der Waals surface area contributed by atoms with Crippen LogP contribution in [-0.4, -0.2) is 6.54 Å². The Balaban J connectivity index is 2.09. The van der Waals surface area contributed by atoms with Gasteiger partial charge in [-0.2, -0.15) is 0 Å². The molecule has 0 spiro atoms. The van der Waals surface area contributed by atoms with Gasteiger partial charge in [0.15, 0.2) is 0 Å². The maximum atomic E-state index is 5.97. The van der Waals surface area contributed by atoms with Crippen LogP contribution < -0.4 is 10.9 Å². The summed E-state index contributed by atoms with van der Waals surface area (Å²) >= 11 is 0. The monoisotopic (exact) mass is 220 g/mol. The van der Waals surface area contributed by atoms with E-state index >= 15 is 0 Å². The molecule has 0 saturated carbocycles. The predicted octanol–water partition coefficient (Wildman–Crippen LogP) is 3.73. The van der Waals surface area contributed by atoms with Crippen LogP contribution in [0.3, 0.4) is 0 Å². The van der Waals surface area contributed by atoms with Gasteiger partial charge in [0.25, 0.3) is 0 Å². The number of hydrogen-bond donors (Lipinski definition) is 1. The van der Waals surface area contributed by atoms with Gasteiger partial charge in [-0.15, -0.1) is 0 Å². The third-order valence-electron chi connectivity index (χ3n) is 2.84. The van der Waals surface area contributed by atoms with Crippen molar-refractivity contribution in [3.8, 4) is 0 Å². The number of para-hydroxylation sites is 1. The van der Waals surface area contributed by atoms with Crippen molar-refractivity contribution >= 4 is 5.69 Å². The quantitative estimate of drug-likeness (QED) is 0.411. The minimum absolute atomic E-state index is 0.955. The number of nitrogens with two attached hydrogens (primary N) is 1.